The van der Waals surface area contributed by atoms with Crippen molar-refractivity contribution in [1.82, 2.24) is 0 Å². The standard InChI is InChI=1S/C19H26N4/c1-5-15-7-6-8-17(12-15)22-19(20)21-13-16-10-9-14(2)11-18(16)23(3)4/h6-12H,5,13H2,1-4H3,(H3,20,21,22). The van der Waals surface area contributed by atoms with E-state index in [0.29, 0.717) is 12.5 Å². The zero-order valence-corrected chi connectivity index (χ0v) is 14.4. The van der Waals surface area contributed by atoms with Gasteiger partial charge in [-0.15, -0.1) is 0 Å². The SMILES string of the molecule is CCc1cccc(NC(N)=NCc2ccc(C)cc2N(C)C)c1. The molecule has 0 radical (unpaired) electrons. The van der Waals surface area contributed by atoms with Crippen LogP contribution in [0.3, 0.4) is 0 Å². The third-order valence-electron chi connectivity index (χ3n) is 3.75. The number of nitrogens with two attached hydrogens (primary N) is 1. The molecule has 0 atom stereocenters. The molecular weight excluding hydrogens is 284 g/mol. The molecule has 4 nitrogen and oxygen atoms in total. The van der Waals surface area contributed by atoms with Gasteiger partial charge in [-0.05, 0) is 48.2 Å². The van der Waals surface area contributed by atoms with Gasteiger partial charge in [-0.1, -0.05) is 31.2 Å². The van der Waals surface area contributed by atoms with Crippen molar-refractivity contribution >= 4 is 17.3 Å². The Morgan fingerprint density at radius 1 is 1.17 bits per heavy atom. The van der Waals surface area contributed by atoms with Gasteiger partial charge in [0.25, 0.3) is 0 Å². The summed E-state index contributed by atoms with van der Waals surface area (Å²) in [4.78, 5) is 6.58. The fourth-order valence-corrected chi connectivity index (χ4v) is 2.45. The molecule has 0 aromatic heterocycles. The summed E-state index contributed by atoms with van der Waals surface area (Å²) < 4.78 is 0. The molecule has 23 heavy (non-hydrogen) atoms. The number of hydrogen-bond acceptors (Lipinski definition) is 2. The minimum absolute atomic E-state index is 0.434. The molecule has 2 aromatic carbocycles. The quantitative estimate of drug-likeness (QED) is 0.656. The van der Waals surface area contributed by atoms with Gasteiger partial charge in [0, 0.05) is 25.5 Å². The first-order valence-electron chi connectivity index (χ1n) is 7.92. The van der Waals surface area contributed by atoms with Crippen LogP contribution in [0.4, 0.5) is 11.4 Å². The highest BCUT2D eigenvalue weighted by Gasteiger charge is 2.05. The Kier molecular flexibility index (Phi) is 5.63. The van der Waals surface area contributed by atoms with E-state index in [1.807, 2.05) is 26.2 Å². The fourth-order valence-electron chi connectivity index (χ4n) is 2.45. The lowest BCUT2D eigenvalue weighted by atomic mass is 10.1. The molecule has 0 aliphatic rings. The summed E-state index contributed by atoms with van der Waals surface area (Å²) in [6, 6.07) is 14.6. The number of aryl methyl sites for hydroxylation is 2. The largest absolute Gasteiger partial charge is 0.377 e. The Bertz CT molecular complexity index is 690. The van der Waals surface area contributed by atoms with E-state index in [-0.39, 0.29) is 0 Å². The van der Waals surface area contributed by atoms with Gasteiger partial charge < -0.3 is 16.0 Å². The van der Waals surface area contributed by atoms with Crippen molar-refractivity contribution in [2.75, 3.05) is 24.3 Å². The lowest BCUT2D eigenvalue weighted by molar-refractivity contribution is 1.02. The van der Waals surface area contributed by atoms with E-state index in [2.05, 4.69) is 59.4 Å². The lowest BCUT2D eigenvalue weighted by Gasteiger charge is -2.17. The summed E-state index contributed by atoms with van der Waals surface area (Å²) in [5.41, 5.74) is 11.9. The first kappa shape index (κ1) is 16.9. The number of anilines is 2. The van der Waals surface area contributed by atoms with Crippen molar-refractivity contribution in [2.24, 2.45) is 10.7 Å². The predicted octanol–water partition coefficient (Wildman–Crippen LogP) is 3.55. The molecule has 0 aliphatic carbocycles. The van der Waals surface area contributed by atoms with Crippen molar-refractivity contribution in [2.45, 2.75) is 26.8 Å². The van der Waals surface area contributed by atoms with Crippen molar-refractivity contribution in [3.05, 3.63) is 59.2 Å². The van der Waals surface area contributed by atoms with E-state index in [1.165, 1.54) is 16.8 Å². The molecule has 3 N–H and O–H groups in total. The normalized spacial score (nSPS) is 11.4. The number of nitrogens with zero attached hydrogens (tertiary/aromatic N) is 2. The van der Waals surface area contributed by atoms with E-state index < -0.39 is 0 Å². The van der Waals surface area contributed by atoms with Crippen LogP contribution < -0.4 is 16.0 Å². The molecule has 0 aliphatic heterocycles. The average molecular weight is 310 g/mol. The Balaban J connectivity index is 2.10. The van der Waals surface area contributed by atoms with Gasteiger partial charge in [0.05, 0.1) is 6.54 Å². The first-order valence-corrected chi connectivity index (χ1v) is 7.92. The van der Waals surface area contributed by atoms with Crippen molar-refractivity contribution in [1.29, 1.82) is 0 Å². The molecular formula is C19H26N4. The van der Waals surface area contributed by atoms with Crippen LogP contribution in [-0.2, 0) is 13.0 Å². The monoisotopic (exact) mass is 310 g/mol. The van der Waals surface area contributed by atoms with Gasteiger partial charge >= 0.3 is 0 Å². The van der Waals surface area contributed by atoms with E-state index in [1.54, 1.807) is 0 Å². The third kappa shape index (κ3) is 4.74. The highest BCUT2D eigenvalue weighted by atomic mass is 15.1. The molecule has 0 spiro atoms. The molecule has 0 amide bonds. The molecule has 2 aromatic rings. The number of aliphatic imine (C=N–C) groups is 1. The minimum Gasteiger partial charge on any atom is -0.377 e. The van der Waals surface area contributed by atoms with Crippen molar-refractivity contribution < 1.29 is 0 Å². The van der Waals surface area contributed by atoms with Crippen LogP contribution in [0.2, 0.25) is 0 Å². The molecule has 2 rings (SSSR count). The predicted molar refractivity (Wildman–Crippen MR) is 100 cm³/mol. The molecule has 122 valence electrons. The van der Waals surface area contributed by atoms with Gasteiger partial charge in [0.1, 0.15) is 0 Å². The number of hydrogen-bond donors (Lipinski definition) is 2. The maximum Gasteiger partial charge on any atom is 0.193 e. The van der Waals surface area contributed by atoms with E-state index in [0.717, 1.165) is 17.7 Å². The first-order chi connectivity index (χ1) is 11.0. The molecule has 0 fully saturated rings. The Hall–Kier alpha value is -2.49. The fraction of sp³-hybridized carbons (Fsp3) is 0.316. The topological polar surface area (TPSA) is 53.6 Å². The average Bonchev–Trinajstić information content (AvgIpc) is 2.53. The minimum atomic E-state index is 0.434. The second kappa shape index (κ2) is 7.68. The van der Waals surface area contributed by atoms with Crippen LogP contribution in [-0.4, -0.2) is 20.1 Å². The number of benzene rings is 2. The Morgan fingerprint density at radius 3 is 2.65 bits per heavy atom. The van der Waals surface area contributed by atoms with Gasteiger partial charge in [-0.3, -0.25) is 0 Å². The van der Waals surface area contributed by atoms with Gasteiger partial charge in [-0.25, -0.2) is 4.99 Å². The lowest BCUT2D eigenvalue weighted by Crippen LogP contribution is -2.22. The molecule has 0 saturated carbocycles. The van der Waals surface area contributed by atoms with Crippen LogP contribution in [0.25, 0.3) is 0 Å². The second-order valence-electron chi connectivity index (χ2n) is 5.91. The summed E-state index contributed by atoms with van der Waals surface area (Å²) >= 11 is 0. The molecule has 0 saturated heterocycles. The zero-order valence-electron chi connectivity index (χ0n) is 14.4. The van der Waals surface area contributed by atoms with Crippen LogP contribution in [0, 0.1) is 6.92 Å². The van der Waals surface area contributed by atoms with Gasteiger partial charge in [-0.2, -0.15) is 0 Å². The van der Waals surface area contributed by atoms with Crippen LogP contribution in [0.15, 0.2) is 47.5 Å². The highest BCUT2D eigenvalue weighted by molar-refractivity contribution is 5.92. The summed E-state index contributed by atoms with van der Waals surface area (Å²) in [5.74, 6) is 0.434. The van der Waals surface area contributed by atoms with Gasteiger partial charge in [0.2, 0.25) is 0 Å². The van der Waals surface area contributed by atoms with E-state index in [9.17, 15) is 0 Å². The maximum atomic E-state index is 6.03. The van der Waals surface area contributed by atoms with Crippen LogP contribution >= 0.6 is 0 Å². The molecule has 0 bridgehead atoms. The van der Waals surface area contributed by atoms with Gasteiger partial charge in [0.15, 0.2) is 5.96 Å². The summed E-state index contributed by atoms with van der Waals surface area (Å²) in [7, 11) is 4.08. The van der Waals surface area contributed by atoms with Crippen LogP contribution in [0.1, 0.15) is 23.6 Å². The Labute approximate surface area is 139 Å². The van der Waals surface area contributed by atoms with E-state index >= 15 is 0 Å². The summed E-state index contributed by atoms with van der Waals surface area (Å²) in [6.07, 6.45) is 1.00. The summed E-state index contributed by atoms with van der Waals surface area (Å²) in [5, 5.41) is 3.16. The zero-order chi connectivity index (χ0) is 16.8. The number of rotatable bonds is 5. The van der Waals surface area contributed by atoms with E-state index in [4.69, 9.17) is 5.73 Å². The van der Waals surface area contributed by atoms with Crippen molar-refractivity contribution in [3.63, 3.8) is 0 Å². The maximum absolute atomic E-state index is 6.03. The molecule has 0 unspecified atom stereocenters. The molecule has 0 heterocycles. The second-order valence-corrected chi connectivity index (χ2v) is 5.91. The molecule has 4 heteroatoms. The smallest absolute Gasteiger partial charge is 0.193 e. The number of nitrogens with one attached hydrogen (secondary N) is 1. The summed E-state index contributed by atoms with van der Waals surface area (Å²) in [6.45, 7) is 4.79. The number of guanidine groups is 1. The third-order valence-corrected chi connectivity index (χ3v) is 3.75. The van der Waals surface area contributed by atoms with Crippen molar-refractivity contribution in [3.8, 4) is 0 Å². The Morgan fingerprint density at radius 2 is 1.96 bits per heavy atom. The van der Waals surface area contributed by atoms with Crippen LogP contribution in [0.5, 0.6) is 0 Å². The highest BCUT2D eigenvalue weighted by Crippen LogP contribution is 2.21.